The summed E-state index contributed by atoms with van der Waals surface area (Å²) in [5.41, 5.74) is 0. The molecule has 2 aliphatic rings. The molecule has 1 N–H and O–H groups in total. The molecule has 0 bridgehead atoms. The fraction of sp³-hybridized carbons (Fsp3) is 1.00. The van der Waals surface area contributed by atoms with Crippen LogP contribution in [0.3, 0.4) is 0 Å². The molecule has 3 unspecified atom stereocenters. The molecule has 0 radical (unpaired) electrons. The van der Waals surface area contributed by atoms with Gasteiger partial charge < -0.3 is 10.2 Å². The number of hydrogen-bond donors (Lipinski definition) is 1. The van der Waals surface area contributed by atoms with Gasteiger partial charge in [0.1, 0.15) is 0 Å². The average Bonchev–Trinajstić information content (AvgIpc) is 2.43. The Labute approximate surface area is 88.1 Å². The van der Waals surface area contributed by atoms with Gasteiger partial charge in [-0.1, -0.05) is 13.8 Å². The predicted octanol–water partition coefficient (Wildman–Crippen LogP) is 1.57. The van der Waals surface area contributed by atoms with E-state index in [4.69, 9.17) is 0 Å². The Balaban J connectivity index is 2.00. The second-order valence-corrected chi connectivity index (χ2v) is 5.55. The molecular weight excluding hydrogens is 172 g/mol. The lowest BCUT2D eigenvalue weighted by molar-refractivity contribution is 0.217. The van der Waals surface area contributed by atoms with Gasteiger partial charge in [-0.3, -0.25) is 0 Å². The molecule has 0 aromatic rings. The molecule has 0 spiro atoms. The van der Waals surface area contributed by atoms with Crippen LogP contribution in [-0.2, 0) is 0 Å². The third-order valence-electron chi connectivity index (χ3n) is 3.97. The first-order chi connectivity index (χ1) is 6.68. The van der Waals surface area contributed by atoms with Crippen LogP contribution in [0.15, 0.2) is 0 Å². The highest BCUT2D eigenvalue weighted by atomic mass is 15.2. The fourth-order valence-corrected chi connectivity index (χ4v) is 3.28. The number of piperidine rings is 1. The van der Waals surface area contributed by atoms with E-state index >= 15 is 0 Å². The molecule has 2 aliphatic heterocycles. The van der Waals surface area contributed by atoms with E-state index < -0.39 is 0 Å². The minimum Gasteiger partial charge on any atom is -0.316 e. The Morgan fingerprint density at radius 1 is 1.43 bits per heavy atom. The number of nitrogens with one attached hydrogen (secondary N) is 1. The number of hydrogen-bond acceptors (Lipinski definition) is 2. The summed E-state index contributed by atoms with van der Waals surface area (Å²) in [5.74, 6) is 2.74. The second-order valence-electron chi connectivity index (χ2n) is 5.55. The smallest absolute Gasteiger partial charge is 0.0138 e. The fourth-order valence-electron chi connectivity index (χ4n) is 3.28. The van der Waals surface area contributed by atoms with Crippen molar-refractivity contribution in [1.29, 1.82) is 0 Å². The quantitative estimate of drug-likeness (QED) is 0.721. The molecule has 2 nitrogen and oxygen atoms in total. The standard InChI is InChI=1S/C12H24N2/c1-9(2)6-12-11-7-13-5-4-10(11)8-14(12)3/h9-13H,4-8H2,1-3H3. The van der Waals surface area contributed by atoms with Crippen molar-refractivity contribution in [2.24, 2.45) is 17.8 Å². The summed E-state index contributed by atoms with van der Waals surface area (Å²) in [6.45, 7) is 8.52. The van der Waals surface area contributed by atoms with Crippen LogP contribution >= 0.6 is 0 Å². The largest absolute Gasteiger partial charge is 0.316 e. The molecule has 2 saturated heterocycles. The monoisotopic (exact) mass is 196 g/mol. The minimum absolute atomic E-state index is 0.836. The van der Waals surface area contributed by atoms with Gasteiger partial charge in [-0.25, -0.2) is 0 Å². The maximum atomic E-state index is 3.55. The first kappa shape index (κ1) is 10.4. The van der Waals surface area contributed by atoms with Crippen LogP contribution in [-0.4, -0.2) is 37.6 Å². The Bertz CT molecular complexity index is 191. The summed E-state index contributed by atoms with van der Waals surface area (Å²) < 4.78 is 0. The zero-order valence-electron chi connectivity index (χ0n) is 9.79. The molecule has 2 heterocycles. The van der Waals surface area contributed by atoms with Gasteiger partial charge >= 0.3 is 0 Å². The molecule has 2 heteroatoms. The van der Waals surface area contributed by atoms with Crippen molar-refractivity contribution < 1.29 is 0 Å². The van der Waals surface area contributed by atoms with E-state index in [1.165, 1.54) is 32.5 Å². The van der Waals surface area contributed by atoms with Crippen LogP contribution < -0.4 is 5.32 Å². The minimum atomic E-state index is 0.836. The van der Waals surface area contributed by atoms with Crippen molar-refractivity contribution >= 4 is 0 Å². The van der Waals surface area contributed by atoms with Crippen molar-refractivity contribution in [3.05, 3.63) is 0 Å². The van der Waals surface area contributed by atoms with Crippen LogP contribution in [0, 0.1) is 17.8 Å². The van der Waals surface area contributed by atoms with Crippen molar-refractivity contribution in [2.75, 3.05) is 26.7 Å². The maximum absolute atomic E-state index is 3.55. The lowest BCUT2D eigenvalue weighted by Crippen LogP contribution is -2.40. The molecule has 0 saturated carbocycles. The van der Waals surface area contributed by atoms with Crippen LogP contribution in [0.25, 0.3) is 0 Å². The van der Waals surface area contributed by atoms with Gasteiger partial charge in [0.2, 0.25) is 0 Å². The molecular formula is C12H24N2. The SMILES string of the molecule is CC(C)CC1C2CNCCC2CN1C. The Morgan fingerprint density at radius 3 is 2.93 bits per heavy atom. The highest BCUT2D eigenvalue weighted by molar-refractivity contribution is 4.95. The molecule has 2 rings (SSSR count). The predicted molar refractivity (Wildman–Crippen MR) is 60.3 cm³/mol. The number of nitrogens with zero attached hydrogens (tertiary/aromatic N) is 1. The third-order valence-corrected chi connectivity index (χ3v) is 3.97. The van der Waals surface area contributed by atoms with E-state index in [2.05, 4.69) is 31.1 Å². The van der Waals surface area contributed by atoms with Crippen molar-refractivity contribution in [2.45, 2.75) is 32.7 Å². The highest BCUT2D eigenvalue weighted by Crippen LogP contribution is 2.35. The van der Waals surface area contributed by atoms with Gasteiger partial charge in [-0.05, 0) is 50.7 Å². The summed E-state index contributed by atoms with van der Waals surface area (Å²) in [4.78, 5) is 2.60. The zero-order chi connectivity index (χ0) is 10.1. The van der Waals surface area contributed by atoms with E-state index in [1.54, 1.807) is 0 Å². The van der Waals surface area contributed by atoms with Gasteiger partial charge in [0.25, 0.3) is 0 Å². The van der Waals surface area contributed by atoms with Gasteiger partial charge in [0.15, 0.2) is 0 Å². The van der Waals surface area contributed by atoms with E-state index in [0.29, 0.717) is 0 Å². The summed E-state index contributed by atoms with van der Waals surface area (Å²) >= 11 is 0. The molecule has 0 aromatic carbocycles. The Kier molecular flexibility index (Phi) is 3.13. The average molecular weight is 196 g/mol. The summed E-state index contributed by atoms with van der Waals surface area (Å²) in [7, 11) is 2.31. The van der Waals surface area contributed by atoms with Crippen molar-refractivity contribution in [1.82, 2.24) is 10.2 Å². The Hall–Kier alpha value is -0.0800. The highest BCUT2D eigenvalue weighted by Gasteiger charge is 2.40. The topological polar surface area (TPSA) is 15.3 Å². The number of fused-ring (bicyclic) bond motifs is 1. The van der Waals surface area contributed by atoms with E-state index in [1.807, 2.05) is 0 Å². The lowest BCUT2D eigenvalue weighted by Gasteiger charge is -2.31. The molecule has 3 atom stereocenters. The van der Waals surface area contributed by atoms with Gasteiger partial charge in [-0.15, -0.1) is 0 Å². The zero-order valence-corrected chi connectivity index (χ0v) is 9.79. The van der Waals surface area contributed by atoms with E-state index in [0.717, 1.165) is 23.8 Å². The van der Waals surface area contributed by atoms with Gasteiger partial charge in [0, 0.05) is 12.6 Å². The van der Waals surface area contributed by atoms with Crippen molar-refractivity contribution in [3.8, 4) is 0 Å². The first-order valence-electron chi connectivity index (χ1n) is 6.09. The van der Waals surface area contributed by atoms with Gasteiger partial charge in [-0.2, -0.15) is 0 Å². The van der Waals surface area contributed by atoms with E-state index in [9.17, 15) is 0 Å². The second kappa shape index (κ2) is 4.19. The Morgan fingerprint density at radius 2 is 2.21 bits per heavy atom. The molecule has 14 heavy (non-hydrogen) atoms. The number of rotatable bonds is 2. The summed E-state index contributed by atoms with van der Waals surface area (Å²) in [5, 5.41) is 3.55. The first-order valence-corrected chi connectivity index (χ1v) is 6.09. The van der Waals surface area contributed by atoms with Gasteiger partial charge in [0.05, 0.1) is 0 Å². The summed E-state index contributed by atoms with van der Waals surface area (Å²) in [6.07, 6.45) is 2.77. The maximum Gasteiger partial charge on any atom is 0.0138 e. The molecule has 82 valence electrons. The van der Waals surface area contributed by atoms with E-state index in [-0.39, 0.29) is 0 Å². The van der Waals surface area contributed by atoms with Crippen LogP contribution in [0.4, 0.5) is 0 Å². The van der Waals surface area contributed by atoms with Crippen molar-refractivity contribution in [3.63, 3.8) is 0 Å². The number of likely N-dealkylation sites (tertiary alicyclic amines) is 1. The molecule has 0 aliphatic carbocycles. The molecule has 0 aromatic heterocycles. The van der Waals surface area contributed by atoms with Crippen LogP contribution in [0.2, 0.25) is 0 Å². The van der Waals surface area contributed by atoms with Crippen LogP contribution in [0.5, 0.6) is 0 Å². The normalized spacial score (nSPS) is 39.0. The lowest BCUT2D eigenvalue weighted by atomic mass is 9.83. The third kappa shape index (κ3) is 1.96. The summed E-state index contributed by atoms with van der Waals surface area (Å²) in [6, 6.07) is 0.841. The molecule has 0 amide bonds. The van der Waals surface area contributed by atoms with Crippen LogP contribution in [0.1, 0.15) is 26.7 Å². The molecule has 2 fully saturated rings.